The number of hydrogen-bond acceptors (Lipinski definition) is 3. The maximum Gasteiger partial charge on any atom is 0.227 e. The van der Waals surface area contributed by atoms with E-state index in [4.69, 9.17) is 5.26 Å². The quantitative estimate of drug-likeness (QED) is 0.756. The second-order valence-corrected chi connectivity index (χ2v) is 6.54. The van der Waals surface area contributed by atoms with Crippen LogP contribution < -0.4 is 0 Å². The van der Waals surface area contributed by atoms with Gasteiger partial charge in [0.15, 0.2) is 5.75 Å². The number of hydrogen-bond donors (Lipinski definition) is 0. The molecule has 1 aliphatic rings. The van der Waals surface area contributed by atoms with Gasteiger partial charge in [-0.3, -0.25) is 0 Å². The van der Waals surface area contributed by atoms with Crippen molar-refractivity contribution in [2.24, 2.45) is 5.92 Å². The van der Waals surface area contributed by atoms with Gasteiger partial charge in [-0.1, -0.05) is 13.3 Å². The van der Waals surface area contributed by atoms with E-state index in [1.54, 1.807) is 13.1 Å². The first kappa shape index (κ1) is 13.5. The molecule has 0 N–H and O–H groups in total. The number of nitrogens with zero attached hydrogens (tertiary/aromatic N) is 2. The van der Waals surface area contributed by atoms with Crippen molar-refractivity contribution < 1.29 is 8.42 Å². The van der Waals surface area contributed by atoms with Crippen LogP contribution in [0.2, 0.25) is 0 Å². The summed E-state index contributed by atoms with van der Waals surface area (Å²) in [5.41, 5.74) is 0. The molecule has 1 rings (SSSR count). The van der Waals surface area contributed by atoms with Gasteiger partial charge in [-0.25, -0.2) is 12.7 Å². The van der Waals surface area contributed by atoms with E-state index in [9.17, 15) is 8.42 Å². The van der Waals surface area contributed by atoms with Gasteiger partial charge < -0.3 is 0 Å². The first-order valence-corrected chi connectivity index (χ1v) is 7.44. The Morgan fingerprint density at radius 3 is 2.31 bits per heavy atom. The van der Waals surface area contributed by atoms with Crippen LogP contribution in [0.1, 0.15) is 39.0 Å². The minimum Gasteiger partial charge on any atom is -0.211 e. The molecule has 0 aromatic heterocycles. The van der Waals surface area contributed by atoms with Gasteiger partial charge in [-0.15, -0.1) is 0 Å². The molecule has 0 atom stereocenters. The Kier molecular flexibility index (Phi) is 4.75. The molecule has 0 aromatic carbocycles. The van der Waals surface area contributed by atoms with Crippen molar-refractivity contribution in [3.63, 3.8) is 0 Å². The van der Waals surface area contributed by atoms with Gasteiger partial charge in [-0.2, -0.15) is 5.26 Å². The van der Waals surface area contributed by atoms with Crippen LogP contribution in [-0.2, 0) is 10.0 Å². The highest BCUT2D eigenvalue weighted by Crippen LogP contribution is 2.29. The third kappa shape index (κ3) is 3.19. The Morgan fingerprint density at radius 2 is 1.88 bits per heavy atom. The van der Waals surface area contributed by atoms with Gasteiger partial charge in [0.1, 0.15) is 0 Å². The summed E-state index contributed by atoms with van der Waals surface area (Å²) >= 11 is 0. The smallest absolute Gasteiger partial charge is 0.211 e. The van der Waals surface area contributed by atoms with Crippen LogP contribution in [0.25, 0.3) is 0 Å². The molecular formula is C11H20N2O2S. The van der Waals surface area contributed by atoms with Crippen LogP contribution in [0.3, 0.4) is 0 Å². The normalized spacial score (nSPS) is 26.6. The largest absolute Gasteiger partial charge is 0.227 e. The van der Waals surface area contributed by atoms with Crippen molar-refractivity contribution in [2.75, 3.05) is 12.8 Å². The van der Waals surface area contributed by atoms with Crippen LogP contribution in [0.15, 0.2) is 0 Å². The Hall–Kier alpha value is -0.600. The maximum absolute atomic E-state index is 11.7. The second-order valence-electron chi connectivity index (χ2n) is 4.51. The SMILES string of the molecule is CCC1CCC(N(C)S(=O)(=O)CC#N)CC1. The summed E-state index contributed by atoms with van der Waals surface area (Å²) in [7, 11) is -1.76. The lowest BCUT2D eigenvalue weighted by Crippen LogP contribution is -2.40. The molecule has 92 valence electrons. The van der Waals surface area contributed by atoms with E-state index >= 15 is 0 Å². The summed E-state index contributed by atoms with van der Waals surface area (Å²) in [5, 5.41) is 8.47. The second kappa shape index (κ2) is 5.65. The summed E-state index contributed by atoms with van der Waals surface area (Å²) in [4.78, 5) is 0. The average molecular weight is 244 g/mol. The maximum atomic E-state index is 11.7. The lowest BCUT2D eigenvalue weighted by Gasteiger charge is -2.33. The summed E-state index contributed by atoms with van der Waals surface area (Å²) in [6, 6.07) is 1.82. The molecule has 16 heavy (non-hydrogen) atoms. The molecule has 0 aromatic rings. The molecule has 0 radical (unpaired) electrons. The summed E-state index contributed by atoms with van der Waals surface area (Å²) in [5.74, 6) is 0.348. The fourth-order valence-electron chi connectivity index (χ4n) is 2.33. The number of rotatable bonds is 4. The third-order valence-electron chi connectivity index (χ3n) is 3.59. The summed E-state index contributed by atoms with van der Waals surface area (Å²) in [6.45, 7) is 2.18. The topological polar surface area (TPSA) is 61.2 Å². The first-order valence-electron chi connectivity index (χ1n) is 5.84. The van der Waals surface area contributed by atoms with Crippen LogP contribution >= 0.6 is 0 Å². The Bertz CT molecular complexity index is 351. The van der Waals surface area contributed by atoms with Crippen LogP contribution in [0.5, 0.6) is 0 Å². The standard InChI is InChI=1S/C11H20N2O2S/c1-3-10-4-6-11(7-5-10)13(2)16(14,15)9-8-12/h10-11H,3-7,9H2,1-2H3. The van der Waals surface area contributed by atoms with E-state index in [0.717, 1.165) is 31.6 Å². The zero-order valence-corrected chi connectivity index (χ0v) is 10.8. The highest BCUT2D eigenvalue weighted by molar-refractivity contribution is 7.89. The monoisotopic (exact) mass is 244 g/mol. The number of sulfonamides is 1. The Morgan fingerprint density at radius 1 is 1.31 bits per heavy atom. The molecule has 1 saturated carbocycles. The predicted molar refractivity (Wildman–Crippen MR) is 63.2 cm³/mol. The van der Waals surface area contributed by atoms with Crippen molar-refractivity contribution in [1.29, 1.82) is 5.26 Å². The minimum atomic E-state index is -3.36. The zero-order valence-electron chi connectivity index (χ0n) is 10.0. The highest BCUT2D eigenvalue weighted by atomic mass is 32.2. The molecule has 1 fully saturated rings. The molecule has 4 nitrogen and oxygen atoms in total. The predicted octanol–water partition coefficient (Wildman–Crippen LogP) is 1.74. The third-order valence-corrected chi connectivity index (χ3v) is 5.26. The van der Waals surface area contributed by atoms with Crippen LogP contribution in [0, 0.1) is 17.2 Å². The van der Waals surface area contributed by atoms with Crippen molar-refractivity contribution in [3.05, 3.63) is 0 Å². The van der Waals surface area contributed by atoms with Crippen LogP contribution in [0.4, 0.5) is 0 Å². The van der Waals surface area contributed by atoms with Gasteiger partial charge in [0.2, 0.25) is 10.0 Å². The van der Waals surface area contributed by atoms with E-state index in [1.807, 2.05) is 0 Å². The van der Waals surface area contributed by atoms with E-state index in [0.29, 0.717) is 0 Å². The summed E-state index contributed by atoms with van der Waals surface area (Å²) in [6.07, 6.45) is 5.25. The van der Waals surface area contributed by atoms with Gasteiger partial charge in [0.25, 0.3) is 0 Å². The lowest BCUT2D eigenvalue weighted by molar-refractivity contribution is 0.233. The van der Waals surface area contributed by atoms with Gasteiger partial charge in [0.05, 0.1) is 6.07 Å². The molecule has 0 heterocycles. The van der Waals surface area contributed by atoms with Crippen molar-refractivity contribution in [2.45, 2.75) is 45.1 Å². The van der Waals surface area contributed by atoms with Gasteiger partial charge >= 0.3 is 0 Å². The first-order chi connectivity index (χ1) is 7.51. The van der Waals surface area contributed by atoms with E-state index in [2.05, 4.69) is 6.92 Å². The molecule has 5 heteroatoms. The van der Waals surface area contributed by atoms with E-state index < -0.39 is 15.8 Å². The van der Waals surface area contributed by atoms with E-state index in [1.165, 1.54) is 10.7 Å². The Labute approximate surface area is 98.3 Å². The fourth-order valence-corrected chi connectivity index (χ4v) is 3.36. The highest BCUT2D eigenvalue weighted by Gasteiger charge is 2.29. The van der Waals surface area contributed by atoms with Crippen LogP contribution in [-0.4, -0.2) is 31.6 Å². The van der Waals surface area contributed by atoms with Crippen molar-refractivity contribution in [1.82, 2.24) is 4.31 Å². The molecule has 0 spiro atoms. The fraction of sp³-hybridized carbons (Fsp3) is 0.909. The van der Waals surface area contributed by atoms with Crippen molar-refractivity contribution in [3.8, 4) is 6.07 Å². The number of nitriles is 1. The van der Waals surface area contributed by atoms with Crippen molar-refractivity contribution >= 4 is 10.0 Å². The molecule has 0 unspecified atom stereocenters. The Balaban J connectivity index is 2.57. The summed E-state index contributed by atoms with van der Waals surface area (Å²) < 4.78 is 24.8. The van der Waals surface area contributed by atoms with Gasteiger partial charge in [-0.05, 0) is 31.6 Å². The lowest BCUT2D eigenvalue weighted by atomic mass is 9.85. The average Bonchev–Trinajstić information content (AvgIpc) is 2.28. The molecule has 0 bridgehead atoms. The van der Waals surface area contributed by atoms with Gasteiger partial charge in [0, 0.05) is 13.1 Å². The molecule has 0 amide bonds. The molecule has 0 aliphatic heterocycles. The zero-order chi connectivity index (χ0) is 12.2. The molecular weight excluding hydrogens is 224 g/mol. The van der Waals surface area contributed by atoms with E-state index in [-0.39, 0.29) is 6.04 Å². The molecule has 1 aliphatic carbocycles. The molecule has 0 saturated heterocycles. The minimum absolute atomic E-state index is 0.0983.